The number of amides is 1. The number of hydrogen-bond donors (Lipinski definition) is 2. The van der Waals surface area contributed by atoms with Crippen LogP contribution >= 0.6 is 11.6 Å². The first-order valence-corrected chi connectivity index (χ1v) is 7.58. The molecule has 2 heterocycles. The average Bonchev–Trinajstić information content (AvgIpc) is 2.49. The second-order valence-corrected chi connectivity index (χ2v) is 5.77. The van der Waals surface area contributed by atoms with E-state index in [9.17, 15) is 4.79 Å². The van der Waals surface area contributed by atoms with Crippen LogP contribution in [0, 0.1) is 0 Å². The van der Waals surface area contributed by atoms with E-state index >= 15 is 0 Å². The standard InChI is InChI=1S/C15H19ClN2O2/c16-11-5-3-4-10-12(7-9-20-14(10)11)18-15(19)13-6-1-2-8-17-13/h3-5,12-13,17H,1-2,6-9H2,(H,18,19). The van der Waals surface area contributed by atoms with Gasteiger partial charge in [0.2, 0.25) is 5.91 Å². The van der Waals surface area contributed by atoms with Crippen molar-refractivity contribution in [1.82, 2.24) is 10.6 Å². The highest BCUT2D eigenvalue weighted by Gasteiger charge is 2.28. The summed E-state index contributed by atoms with van der Waals surface area (Å²) in [6.07, 6.45) is 3.96. The molecule has 20 heavy (non-hydrogen) atoms. The van der Waals surface area contributed by atoms with Gasteiger partial charge in [0.25, 0.3) is 0 Å². The summed E-state index contributed by atoms with van der Waals surface area (Å²) in [6.45, 7) is 1.51. The zero-order valence-electron chi connectivity index (χ0n) is 11.3. The predicted octanol–water partition coefficient (Wildman–Crippen LogP) is 2.42. The number of hydrogen-bond acceptors (Lipinski definition) is 3. The zero-order chi connectivity index (χ0) is 13.9. The van der Waals surface area contributed by atoms with E-state index < -0.39 is 0 Å². The van der Waals surface area contributed by atoms with Crippen molar-refractivity contribution < 1.29 is 9.53 Å². The number of nitrogens with one attached hydrogen (secondary N) is 2. The molecular weight excluding hydrogens is 276 g/mol. The molecule has 0 radical (unpaired) electrons. The van der Waals surface area contributed by atoms with Gasteiger partial charge in [0.1, 0.15) is 5.75 Å². The van der Waals surface area contributed by atoms with Crippen molar-refractivity contribution in [3.8, 4) is 5.75 Å². The van der Waals surface area contributed by atoms with Crippen LogP contribution in [0.1, 0.15) is 37.3 Å². The van der Waals surface area contributed by atoms with E-state index in [2.05, 4.69) is 10.6 Å². The van der Waals surface area contributed by atoms with Gasteiger partial charge in [0, 0.05) is 12.0 Å². The number of fused-ring (bicyclic) bond motifs is 1. The summed E-state index contributed by atoms with van der Waals surface area (Å²) >= 11 is 6.14. The van der Waals surface area contributed by atoms with E-state index in [1.165, 1.54) is 0 Å². The van der Waals surface area contributed by atoms with Crippen LogP contribution in [-0.2, 0) is 4.79 Å². The molecule has 108 valence electrons. The molecule has 0 spiro atoms. The van der Waals surface area contributed by atoms with Crippen molar-refractivity contribution in [3.05, 3.63) is 28.8 Å². The maximum Gasteiger partial charge on any atom is 0.237 e. The lowest BCUT2D eigenvalue weighted by molar-refractivity contribution is -0.124. The molecule has 2 aliphatic heterocycles. The molecular formula is C15H19ClN2O2. The molecule has 3 rings (SSSR count). The summed E-state index contributed by atoms with van der Waals surface area (Å²) in [5.41, 5.74) is 0.980. The van der Waals surface area contributed by atoms with Gasteiger partial charge >= 0.3 is 0 Å². The van der Waals surface area contributed by atoms with Crippen molar-refractivity contribution in [3.63, 3.8) is 0 Å². The minimum absolute atomic E-state index is 0.00586. The Kier molecular flexibility index (Phi) is 4.13. The number of halogens is 1. The summed E-state index contributed by atoms with van der Waals surface area (Å²) in [4.78, 5) is 12.3. The first-order chi connectivity index (χ1) is 9.75. The number of carbonyl (C=O) groups excluding carboxylic acids is 1. The Morgan fingerprint density at radius 2 is 2.25 bits per heavy atom. The predicted molar refractivity (Wildman–Crippen MR) is 78.1 cm³/mol. The summed E-state index contributed by atoms with van der Waals surface area (Å²) in [7, 11) is 0. The fraction of sp³-hybridized carbons (Fsp3) is 0.533. The SMILES string of the molecule is O=C(NC1CCOc2c(Cl)cccc21)C1CCCCN1. The number of para-hydroxylation sites is 1. The van der Waals surface area contributed by atoms with Crippen molar-refractivity contribution in [1.29, 1.82) is 0 Å². The molecule has 1 aromatic rings. The first kappa shape index (κ1) is 13.7. The van der Waals surface area contributed by atoms with Crippen LogP contribution in [0.3, 0.4) is 0 Å². The van der Waals surface area contributed by atoms with Gasteiger partial charge in [-0.15, -0.1) is 0 Å². The van der Waals surface area contributed by atoms with Gasteiger partial charge in [-0.05, 0) is 25.5 Å². The van der Waals surface area contributed by atoms with Gasteiger partial charge in [0.15, 0.2) is 0 Å². The van der Waals surface area contributed by atoms with E-state index in [-0.39, 0.29) is 18.0 Å². The van der Waals surface area contributed by atoms with Crippen molar-refractivity contribution in [2.24, 2.45) is 0 Å². The Bertz CT molecular complexity index is 501. The van der Waals surface area contributed by atoms with E-state index in [1.54, 1.807) is 0 Å². The fourth-order valence-electron chi connectivity index (χ4n) is 2.88. The highest BCUT2D eigenvalue weighted by Crippen LogP contribution is 2.37. The van der Waals surface area contributed by atoms with E-state index in [0.717, 1.165) is 37.8 Å². The zero-order valence-corrected chi connectivity index (χ0v) is 12.1. The molecule has 2 aliphatic rings. The average molecular weight is 295 g/mol. The summed E-state index contributed by atoms with van der Waals surface area (Å²) in [5.74, 6) is 0.796. The Morgan fingerprint density at radius 1 is 1.35 bits per heavy atom. The maximum atomic E-state index is 12.3. The third-order valence-corrected chi connectivity index (χ3v) is 4.27. The van der Waals surface area contributed by atoms with Crippen LogP contribution in [0.25, 0.3) is 0 Å². The van der Waals surface area contributed by atoms with Gasteiger partial charge < -0.3 is 15.4 Å². The number of piperidine rings is 1. The number of ether oxygens (including phenoxy) is 1. The lowest BCUT2D eigenvalue weighted by atomic mass is 9.99. The highest BCUT2D eigenvalue weighted by atomic mass is 35.5. The molecule has 0 aliphatic carbocycles. The molecule has 1 saturated heterocycles. The van der Waals surface area contributed by atoms with Gasteiger partial charge in [-0.2, -0.15) is 0 Å². The van der Waals surface area contributed by atoms with E-state index in [4.69, 9.17) is 16.3 Å². The molecule has 1 aromatic carbocycles. The van der Waals surface area contributed by atoms with Crippen molar-refractivity contribution in [2.45, 2.75) is 37.8 Å². The fourth-order valence-corrected chi connectivity index (χ4v) is 3.12. The van der Waals surface area contributed by atoms with Crippen LogP contribution in [0.4, 0.5) is 0 Å². The minimum atomic E-state index is -0.0609. The molecule has 5 heteroatoms. The monoisotopic (exact) mass is 294 g/mol. The topological polar surface area (TPSA) is 50.4 Å². The summed E-state index contributed by atoms with van der Waals surface area (Å²) in [6, 6.07) is 5.61. The quantitative estimate of drug-likeness (QED) is 0.881. The van der Waals surface area contributed by atoms with Gasteiger partial charge in [-0.3, -0.25) is 4.79 Å². The highest BCUT2D eigenvalue weighted by molar-refractivity contribution is 6.32. The summed E-state index contributed by atoms with van der Waals surface area (Å²) < 4.78 is 5.61. The number of carbonyl (C=O) groups is 1. The third kappa shape index (κ3) is 2.76. The minimum Gasteiger partial charge on any atom is -0.492 e. The van der Waals surface area contributed by atoms with Crippen LogP contribution in [0.15, 0.2) is 18.2 Å². The molecule has 0 saturated carbocycles. The Balaban J connectivity index is 1.73. The van der Waals surface area contributed by atoms with Gasteiger partial charge in [-0.25, -0.2) is 0 Å². The third-order valence-electron chi connectivity index (χ3n) is 3.97. The molecule has 2 N–H and O–H groups in total. The number of rotatable bonds is 2. The second-order valence-electron chi connectivity index (χ2n) is 5.36. The normalized spacial score (nSPS) is 25.4. The van der Waals surface area contributed by atoms with Crippen molar-refractivity contribution >= 4 is 17.5 Å². The van der Waals surface area contributed by atoms with E-state index in [0.29, 0.717) is 17.4 Å². The van der Waals surface area contributed by atoms with Crippen molar-refractivity contribution in [2.75, 3.05) is 13.2 Å². The molecule has 1 fully saturated rings. The second kappa shape index (κ2) is 6.02. The first-order valence-electron chi connectivity index (χ1n) is 7.20. The lowest BCUT2D eigenvalue weighted by Crippen LogP contribution is -2.48. The Labute approximate surface area is 123 Å². The van der Waals surface area contributed by atoms with Gasteiger partial charge in [-0.1, -0.05) is 30.2 Å². The molecule has 2 unspecified atom stereocenters. The van der Waals surface area contributed by atoms with Crippen LogP contribution in [0.2, 0.25) is 5.02 Å². The van der Waals surface area contributed by atoms with Gasteiger partial charge in [0.05, 0.1) is 23.7 Å². The number of benzene rings is 1. The molecule has 0 aromatic heterocycles. The molecule has 2 atom stereocenters. The smallest absolute Gasteiger partial charge is 0.237 e. The molecule has 1 amide bonds. The Hall–Kier alpha value is -1.26. The van der Waals surface area contributed by atoms with Crippen LogP contribution in [0.5, 0.6) is 5.75 Å². The molecule has 0 bridgehead atoms. The summed E-state index contributed by atoms with van der Waals surface area (Å²) in [5, 5.41) is 7.01. The molecule has 4 nitrogen and oxygen atoms in total. The largest absolute Gasteiger partial charge is 0.492 e. The van der Waals surface area contributed by atoms with Crippen LogP contribution in [-0.4, -0.2) is 25.1 Å². The maximum absolute atomic E-state index is 12.3. The van der Waals surface area contributed by atoms with Crippen LogP contribution < -0.4 is 15.4 Å². The van der Waals surface area contributed by atoms with E-state index in [1.807, 2.05) is 18.2 Å². The Morgan fingerprint density at radius 3 is 3.05 bits per heavy atom. The lowest BCUT2D eigenvalue weighted by Gasteiger charge is -2.30.